The second-order valence-electron chi connectivity index (χ2n) is 5.27. The molecular formula is C13H21BrN2. The molecular weight excluding hydrogens is 264 g/mol. The molecule has 16 heavy (non-hydrogen) atoms. The van der Waals surface area contributed by atoms with Crippen molar-refractivity contribution in [2.75, 3.05) is 11.9 Å². The van der Waals surface area contributed by atoms with E-state index in [1.165, 1.54) is 5.56 Å². The summed E-state index contributed by atoms with van der Waals surface area (Å²) in [5.74, 6) is 1.07. The highest BCUT2D eigenvalue weighted by Crippen LogP contribution is 2.28. The summed E-state index contributed by atoms with van der Waals surface area (Å²) in [6.07, 6.45) is 1.85. The number of aromatic nitrogens is 1. The Labute approximate surface area is 107 Å². The van der Waals surface area contributed by atoms with Gasteiger partial charge in [0.05, 0.1) is 0 Å². The van der Waals surface area contributed by atoms with Gasteiger partial charge in [0.2, 0.25) is 0 Å². The van der Waals surface area contributed by atoms with Gasteiger partial charge in [-0.1, -0.05) is 42.8 Å². The van der Waals surface area contributed by atoms with Gasteiger partial charge in [-0.3, -0.25) is 0 Å². The zero-order valence-electron chi connectivity index (χ0n) is 10.8. The van der Waals surface area contributed by atoms with Crippen LogP contribution in [0.5, 0.6) is 0 Å². The number of anilines is 1. The molecule has 0 fully saturated rings. The molecule has 0 N–H and O–H groups in total. The SMILES string of the molecule is CC(N(C)c1ncccc1CBr)C(C)(C)C. The fraction of sp³-hybridized carbons (Fsp3) is 0.615. The molecule has 2 nitrogen and oxygen atoms in total. The van der Waals surface area contributed by atoms with Crippen LogP contribution in [0, 0.1) is 5.41 Å². The van der Waals surface area contributed by atoms with Crippen LogP contribution < -0.4 is 4.90 Å². The molecule has 0 aliphatic carbocycles. The van der Waals surface area contributed by atoms with E-state index in [4.69, 9.17) is 0 Å². The Morgan fingerprint density at radius 2 is 2.06 bits per heavy atom. The summed E-state index contributed by atoms with van der Waals surface area (Å²) in [6.45, 7) is 9.01. The van der Waals surface area contributed by atoms with Crippen LogP contribution in [0.1, 0.15) is 33.3 Å². The fourth-order valence-electron chi connectivity index (χ4n) is 1.62. The van der Waals surface area contributed by atoms with Gasteiger partial charge >= 0.3 is 0 Å². The first-order valence-corrected chi connectivity index (χ1v) is 6.72. The van der Waals surface area contributed by atoms with Crippen LogP contribution in [-0.2, 0) is 5.33 Å². The van der Waals surface area contributed by atoms with Gasteiger partial charge in [0.25, 0.3) is 0 Å². The summed E-state index contributed by atoms with van der Waals surface area (Å²) in [5, 5.41) is 0.845. The van der Waals surface area contributed by atoms with Gasteiger partial charge in [0.15, 0.2) is 0 Å². The molecule has 0 saturated heterocycles. The standard InChI is InChI=1S/C13H21BrN2/c1-10(13(2,3)4)16(5)12-11(9-14)7-6-8-15-12/h6-8,10H,9H2,1-5H3. The minimum absolute atomic E-state index is 0.246. The monoisotopic (exact) mass is 284 g/mol. The van der Waals surface area contributed by atoms with E-state index in [9.17, 15) is 0 Å². The molecule has 0 aliphatic heterocycles. The average molecular weight is 285 g/mol. The van der Waals surface area contributed by atoms with Crippen LogP contribution >= 0.6 is 15.9 Å². The second-order valence-corrected chi connectivity index (χ2v) is 5.83. The van der Waals surface area contributed by atoms with Crippen molar-refractivity contribution < 1.29 is 0 Å². The summed E-state index contributed by atoms with van der Waals surface area (Å²) >= 11 is 3.51. The first-order valence-electron chi connectivity index (χ1n) is 5.60. The minimum atomic E-state index is 0.246. The normalized spacial score (nSPS) is 13.6. The van der Waals surface area contributed by atoms with E-state index in [0.717, 1.165) is 11.1 Å². The van der Waals surface area contributed by atoms with Crippen molar-refractivity contribution in [1.82, 2.24) is 4.98 Å². The van der Waals surface area contributed by atoms with Gasteiger partial charge in [-0.2, -0.15) is 0 Å². The molecule has 90 valence electrons. The van der Waals surface area contributed by atoms with E-state index in [1.807, 2.05) is 12.3 Å². The van der Waals surface area contributed by atoms with Crippen molar-refractivity contribution in [2.24, 2.45) is 5.41 Å². The second kappa shape index (κ2) is 5.17. The van der Waals surface area contributed by atoms with Gasteiger partial charge in [0.1, 0.15) is 5.82 Å². The molecule has 0 saturated carbocycles. The molecule has 0 spiro atoms. The molecule has 0 amide bonds. The summed E-state index contributed by atoms with van der Waals surface area (Å²) in [6, 6.07) is 4.54. The number of pyridine rings is 1. The molecule has 1 atom stereocenters. The lowest BCUT2D eigenvalue weighted by Crippen LogP contribution is -2.40. The first kappa shape index (κ1) is 13.5. The van der Waals surface area contributed by atoms with Crippen LogP contribution in [0.25, 0.3) is 0 Å². The molecule has 0 radical (unpaired) electrons. The predicted molar refractivity (Wildman–Crippen MR) is 74.2 cm³/mol. The summed E-state index contributed by atoms with van der Waals surface area (Å²) < 4.78 is 0. The van der Waals surface area contributed by atoms with Crippen LogP contribution in [0.3, 0.4) is 0 Å². The molecule has 0 aromatic carbocycles. The maximum atomic E-state index is 4.48. The Hall–Kier alpha value is -0.570. The van der Waals surface area contributed by atoms with Gasteiger partial charge in [-0.25, -0.2) is 4.98 Å². The van der Waals surface area contributed by atoms with Crippen LogP contribution in [0.2, 0.25) is 0 Å². The van der Waals surface area contributed by atoms with Crippen molar-refractivity contribution >= 4 is 21.7 Å². The Kier molecular flexibility index (Phi) is 4.36. The zero-order valence-corrected chi connectivity index (χ0v) is 12.4. The van der Waals surface area contributed by atoms with Crippen molar-refractivity contribution in [3.8, 4) is 0 Å². The van der Waals surface area contributed by atoms with E-state index >= 15 is 0 Å². The summed E-state index contributed by atoms with van der Waals surface area (Å²) in [7, 11) is 2.12. The highest BCUT2D eigenvalue weighted by Gasteiger charge is 2.25. The van der Waals surface area contributed by atoms with Crippen molar-refractivity contribution in [3.05, 3.63) is 23.9 Å². The Bertz CT molecular complexity index is 344. The topological polar surface area (TPSA) is 16.1 Å². The van der Waals surface area contributed by atoms with E-state index in [0.29, 0.717) is 6.04 Å². The molecule has 1 aromatic heterocycles. The van der Waals surface area contributed by atoms with Crippen molar-refractivity contribution in [2.45, 2.75) is 39.1 Å². The Morgan fingerprint density at radius 3 is 2.56 bits per heavy atom. The Morgan fingerprint density at radius 1 is 1.44 bits per heavy atom. The minimum Gasteiger partial charge on any atom is -0.356 e. The van der Waals surface area contributed by atoms with E-state index in [1.54, 1.807) is 0 Å². The number of halogens is 1. The lowest BCUT2D eigenvalue weighted by molar-refractivity contribution is 0.328. The fourth-order valence-corrected chi connectivity index (χ4v) is 2.05. The molecule has 1 unspecified atom stereocenters. The lowest BCUT2D eigenvalue weighted by atomic mass is 9.87. The number of hydrogen-bond acceptors (Lipinski definition) is 2. The molecule has 0 bridgehead atoms. The highest BCUT2D eigenvalue weighted by atomic mass is 79.9. The maximum Gasteiger partial charge on any atom is 0.132 e. The third-order valence-electron chi connectivity index (χ3n) is 3.18. The van der Waals surface area contributed by atoms with Crippen LogP contribution in [0.4, 0.5) is 5.82 Å². The predicted octanol–water partition coefficient (Wildman–Crippen LogP) is 3.85. The average Bonchev–Trinajstić information content (AvgIpc) is 2.25. The zero-order chi connectivity index (χ0) is 12.3. The number of rotatable bonds is 3. The van der Waals surface area contributed by atoms with Crippen LogP contribution in [0.15, 0.2) is 18.3 Å². The highest BCUT2D eigenvalue weighted by molar-refractivity contribution is 9.08. The van der Waals surface area contributed by atoms with Gasteiger partial charge < -0.3 is 4.90 Å². The maximum absolute atomic E-state index is 4.48. The van der Waals surface area contributed by atoms with Gasteiger partial charge in [-0.15, -0.1) is 0 Å². The van der Waals surface area contributed by atoms with E-state index in [2.05, 4.69) is 66.6 Å². The number of hydrogen-bond donors (Lipinski definition) is 0. The van der Waals surface area contributed by atoms with Crippen LogP contribution in [-0.4, -0.2) is 18.1 Å². The van der Waals surface area contributed by atoms with Gasteiger partial charge in [-0.05, 0) is 18.4 Å². The summed E-state index contributed by atoms with van der Waals surface area (Å²) in [5.41, 5.74) is 1.48. The third-order valence-corrected chi connectivity index (χ3v) is 3.78. The largest absolute Gasteiger partial charge is 0.356 e. The number of alkyl halides is 1. The third kappa shape index (κ3) is 2.97. The smallest absolute Gasteiger partial charge is 0.132 e. The summed E-state index contributed by atoms with van der Waals surface area (Å²) in [4.78, 5) is 6.74. The van der Waals surface area contributed by atoms with Gasteiger partial charge in [0, 0.05) is 30.2 Å². The molecule has 1 rings (SSSR count). The first-order chi connectivity index (χ1) is 7.38. The van der Waals surface area contributed by atoms with E-state index < -0.39 is 0 Å². The molecule has 0 aliphatic rings. The quantitative estimate of drug-likeness (QED) is 0.784. The van der Waals surface area contributed by atoms with Crippen molar-refractivity contribution in [3.63, 3.8) is 0 Å². The number of nitrogens with zero attached hydrogens (tertiary/aromatic N) is 2. The lowest BCUT2D eigenvalue weighted by Gasteiger charge is -2.36. The van der Waals surface area contributed by atoms with E-state index in [-0.39, 0.29) is 5.41 Å². The van der Waals surface area contributed by atoms with Crippen molar-refractivity contribution in [1.29, 1.82) is 0 Å². The molecule has 1 heterocycles. The molecule has 3 heteroatoms. The molecule has 1 aromatic rings. The Balaban J connectivity index is 3.00.